The third kappa shape index (κ3) is 3.74. The molecular weight excluding hydrogens is 288 g/mol. The predicted molar refractivity (Wildman–Crippen MR) is 82.8 cm³/mol. The fourth-order valence-corrected chi connectivity index (χ4v) is 2.97. The molecular formula is C15H18N2O3S. The van der Waals surface area contributed by atoms with Gasteiger partial charge in [-0.05, 0) is 36.8 Å². The number of ether oxygens (including phenoxy) is 1. The maximum atomic E-state index is 12.4. The van der Waals surface area contributed by atoms with Crippen molar-refractivity contribution in [2.45, 2.75) is 17.9 Å². The van der Waals surface area contributed by atoms with Gasteiger partial charge in [-0.15, -0.1) is 0 Å². The van der Waals surface area contributed by atoms with Crippen LogP contribution in [0.15, 0.2) is 53.4 Å². The van der Waals surface area contributed by atoms with Gasteiger partial charge in [0.25, 0.3) is 10.0 Å². The van der Waals surface area contributed by atoms with Gasteiger partial charge in [-0.1, -0.05) is 18.2 Å². The minimum absolute atomic E-state index is 0.181. The Morgan fingerprint density at radius 2 is 1.86 bits per heavy atom. The molecule has 112 valence electrons. The second kappa shape index (κ2) is 6.15. The van der Waals surface area contributed by atoms with Crippen LogP contribution in [-0.2, 0) is 10.0 Å². The number of sulfonamides is 1. The van der Waals surface area contributed by atoms with Crippen molar-refractivity contribution in [3.63, 3.8) is 0 Å². The first kappa shape index (κ1) is 15.3. The molecule has 2 aromatic rings. The van der Waals surface area contributed by atoms with Crippen LogP contribution in [0, 0.1) is 0 Å². The quantitative estimate of drug-likeness (QED) is 0.889. The van der Waals surface area contributed by atoms with Crippen LogP contribution in [0.5, 0.6) is 5.75 Å². The Balaban J connectivity index is 2.31. The number of hydrogen-bond donors (Lipinski definition) is 2. The largest absolute Gasteiger partial charge is 0.497 e. The average molecular weight is 306 g/mol. The maximum Gasteiger partial charge on any atom is 0.261 e. The van der Waals surface area contributed by atoms with Crippen molar-refractivity contribution in [2.24, 2.45) is 5.73 Å². The van der Waals surface area contributed by atoms with E-state index < -0.39 is 10.0 Å². The number of rotatable bonds is 5. The molecule has 3 N–H and O–H groups in total. The van der Waals surface area contributed by atoms with Crippen molar-refractivity contribution >= 4 is 15.7 Å². The van der Waals surface area contributed by atoms with Crippen LogP contribution in [0.4, 0.5) is 5.69 Å². The van der Waals surface area contributed by atoms with Gasteiger partial charge in [0.05, 0.1) is 17.7 Å². The first-order valence-electron chi connectivity index (χ1n) is 6.45. The number of benzene rings is 2. The summed E-state index contributed by atoms with van der Waals surface area (Å²) in [5.41, 5.74) is 7.00. The summed E-state index contributed by atoms with van der Waals surface area (Å²) < 4.78 is 32.4. The first-order chi connectivity index (χ1) is 9.92. The summed E-state index contributed by atoms with van der Waals surface area (Å²) in [6.45, 7) is 1.81. The SMILES string of the molecule is COc1cccc(NS(=O)(=O)c2cccc(C(C)N)c2)c1. The van der Waals surface area contributed by atoms with Crippen LogP contribution in [0.2, 0.25) is 0 Å². The average Bonchev–Trinajstić information content (AvgIpc) is 2.47. The molecule has 0 radical (unpaired) electrons. The van der Waals surface area contributed by atoms with Gasteiger partial charge in [0.1, 0.15) is 5.75 Å². The molecule has 6 heteroatoms. The Morgan fingerprint density at radius 1 is 1.14 bits per heavy atom. The molecule has 0 aliphatic heterocycles. The second-order valence-corrected chi connectivity index (χ2v) is 6.38. The summed E-state index contributed by atoms with van der Waals surface area (Å²) in [5, 5.41) is 0. The molecule has 0 saturated carbocycles. The normalized spacial score (nSPS) is 12.7. The number of nitrogens with one attached hydrogen (secondary N) is 1. The molecule has 0 aromatic heterocycles. The lowest BCUT2D eigenvalue weighted by molar-refractivity contribution is 0.415. The van der Waals surface area contributed by atoms with Gasteiger partial charge >= 0.3 is 0 Å². The minimum Gasteiger partial charge on any atom is -0.497 e. The highest BCUT2D eigenvalue weighted by atomic mass is 32.2. The highest BCUT2D eigenvalue weighted by Gasteiger charge is 2.15. The second-order valence-electron chi connectivity index (χ2n) is 4.70. The fourth-order valence-electron chi connectivity index (χ4n) is 1.87. The van der Waals surface area contributed by atoms with Gasteiger partial charge in [-0.25, -0.2) is 8.42 Å². The fraction of sp³-hybridized carbons (Fsp3) is 0.200. The molecule has 2 rings (SSSR count). The maximum absolute atomic E-state index is 12.4. The highest BCUT2D eigenvalue weighted by Crippen LogP contribution is 2.22. The van der Waals surface area contributed by atoms with Crippen LogP contribution in [0.3, 0.4) is 0 Å². The zero-order valence-corrected chi connectivity index (χ0v) is 12.7. The molecule has 0 fully saturated rings. The molecule has 0 spiro atoms. The standard InChI is InChI=1S/C15H18N2O3S/c1-11(16)12-5-3-8-15(9-12)21(18,19)17-13-6-4-7-14(10-13)20-2/h3-11,17H,16H2,1-2H3. The highest BCUT2D eigenvalue weighted by molar-refractivity contribution is 7.92. The van der Waals surface area contributed by atoms with Crippen LogP contribution in [0.25, 0.3) is 0 Å². The summed E-state index contributed by atoms with van der Waals surface area (Å²) in [6.07, 6.45) is 0. The zero-order valence-electron chi connectivity index (χ0n) is 11.9. The molecule has 0 heterocycles. The van der Waals surface area contributed by atoms with Gasteiger partial charge in [0.2, 0.25) is 0 Å². The Bertz CT molecular complexity index is 727. The van der Waals surface area contributed by atoms with Crippen LogP contribution < -0.4 is 15.2 Å². The molecule has 21 heavy (non-hydrogen) atoms. The lowest BCUT2D eigenvalue weighted by atomic mass is 10.1. The van der Waals surface area contributed by atoms with E-state index in [0.29, 0.717) is 11.4 Å². The van der Waals surface area contributed by atoms with E-state index in [2.05, 4.69) is 4.72 Å². The Morgan fingerprint density at radius 3 is 2.52 bits per heavy atom. The Hall–Kier alpha value is -2.05. The molecule has 0 aliphatic carbocycles. The number of anilines is 1. The van der Waals surface area contributed by atoms with Crippen molar-refractivity contribution < 1.29 is 13.2 Å². The van der Waals surface area contributed by atoms with Crippen molar-refractivity contribution in [1.29, 1.82) is 0 Å². The van der Waals surface area contributed by atoms with Crippen molar-refractivity contribution in [1.82, 2.24) is 0 Å². The summed E-state index contributed by atoms with van der Waals surface area (Å²) >= 11 is 0. The predicted octanol–water partition coefficient (Wildman–Crippen LogP) is 2.52. The zero-order chi connectivity index (χ0) is 15.5. The first-order valence-corrected chi connectivity index (χ1v) is 7.93. The van der Waals surface area contributed by atoms with Gasteiger partial charge in [0, 0.05) is 12.1 Å². The van der Waals surface area contributed by atoms with Crippen molar-refractivity contribution in [3.8, 4) is 5.75 Å². The van der Waals surface area contributed by atoms with Crippen molar-refractivity contribution in [3.05, 3.63) is 54.1 Å². The number of methoxy groups -OCH3 is 1. The van der Waals surface area contributed by atoms with Crippen LogP contribution >= 0.6 is 0 Å². The third-order valence-corrected chi connectivity index (χ3v) is 4.40. The van der Waals surface area contributed by atoms with Gasteiger partial charge in [-0.2, -0.15) is 0 Å². The molecule has 0 saturated heterocycles. The van der Waals surface area contributed by atoms with E-state index in [9.17, 15) is 8.42 Å². The summed E-state index contributed by atoms with van der Waals surface area (Å²) in [6, 6.07) is 13.1. The molecule has 5 nitrogen and oxygen atoms in total. The topological polar surface area (TPSA) is 81.4 Å². The molecule has 2 aromatic carbocycles. The molecule has 0 bridgehead atoms. The smallest absolute Gasteiger partial charge is 0.261 e. The third-order valence-electron chi connectivity index (χ3n) is 3.02. The molecule has 0 amide bonds. The Kier molecular flexibility index (Phi) is 4.50. The van der Waals surface area contributed by atoms with Crippen molar-refractivity contribution in [2.75, 3.05) is 11.8 Å². The molecule has 1 unspecified atom stereocenters. The molecule has 0 aliphatic rings. The Labute approximate surface area is 124 Å². The summed E-state index contributed by atoms with van der Waals surface area (Å²) in [4.78, 5) is 0.181. The van der Waals surface area contributed by atoms with E-state index >= 15 is 0 Å². The number of hydrogen-bond acceptors (Lipinski definition) is 4. The van der Waals surface area contributed by atoms with E-state index in [1.807, 2.05) is 0 Å². The minimum atomic E-state index is -3.66. The van der Waals surface area contributed by atoms with Gasteiger partial charge in [-0.3, -0.25) is 4.72 Å². The van der Waals surface area contributed by atoms with E-state index in [-0.39, 0.29) is 10.9 Å². The lowest BCUT2D eigenvalue weighted by Gasteiger charge is -2.11. The van der Waals surface area contributed by atoms with E-state index in [4.69, 9.17) is 10.5 Å². The summed E-state index contributed by atoms with van der Waals surface area (Å²) in [5.74, 6) is 0.583. The van der Waals surface area contributed by atoms with E-state index in [1.54, 1.807) is 49.4 Å². The van der Waals surface area contributed by atoms with E-state index in [0.717, 1.165) is 5.56 Å². The summed E-state index contributed by atoms with van der Waals surface area (Å²) in [7, 11) is -2.13. The number of nitrogens with two attached hydrogens (primary N) is 1. The molecule has 1 atom stereocenters. The van der Waals surface area contributed by atoms with Crippen LogP contribution in [-0.4, -0.2) is 15.5 Å². The van der Waals surface area contributed by atoms with Crippen LogP contribution in [0.1, 0.15) is 18.5 Å². The monoisotopic (exact) mass is 306 g/mol. The van der Waals surface area contributed by atoms with Gasteiger partial charge < -0.3 is 10.5 Å². The van der Waals surface area contributed by atoms with Gasteiger partial charge in [0.15, 0.2) is 0 Å². The van der Waals surface area contributed by atoms with E-state index in [1.165, 1.54) is 13.2 Å². The lowest BCUT2D eigenvalue weighted by Crippen LogP contribution is -2.14.